The van der Waals surface area contributed by atoms with Gasteiger partial charge in [-0.05, 0) is 78.5 Å². The Morgan fingerprint density at radius 1 is 1.11 bits per heavy atom. The first-order chi connectivity index (χ1) is 16.6. The van der Waals surface area contributed by atoms with E-state index in [-0.39, 0.29) is 24.8 Å². The standard InChI is InChI=1S/C27H38N4O5/c1-8-17-9-11-18(12-10-17)22(23(33)30-26(2,3)4)31(19-13-14-19)24(34)20(15-16-21(28)32)29-25(35)36-27(5,6)7/h1,9-12,19-20,22H,13-16H2,2-7H3,(H2,28,32)(H,29,35)(H,30,33). The highest BCUT2D eigenvalue weighted by Crippen LogP contribution is 2.36. The molecule has 4 amide bonds. The third kappa shape index (κ3) is 8.91. The third-order valence-corrected chi connectivity index (χ3v) is 5.28. The molecule has 0 aliphatic heterocycles. The molecule has 0 radical (unpaired) electrons. The van der Waals surface area contributed by atoms with Gasteiger partial charge in [-0.15, -0.1) is 6.42 Å². The number of carbonyl (C=O) groups is 4. The van der Waals surface area contributed by atoms with E-state index in [0.717, 1.165) is 0 Å². The molecule has 1 aliphatic carbocycles. The van der Waals surface area contributed by atoms with E-state index in [1.165, 1.54) is 4.90 Å². The lowest BCUT2D eigenvalue weighted by Crippen LogP contribution is -2.55. The summed E-state index contributed by atoms with van der Waals surface area (Å²) >= 11 is 0. The monoisotopic (exact) mass is 498 g/mol. The molecule has 196 valence electrons. The maximum atomic E-state index is 13.9. The zero-order valence-electron chi connectivity index (χ0n) is 22.0. The number of hydrogen-bond donors (Lipinski definition) is 3. The quantitative estimate of drug-likeness (QED) is 0.451. The molecule has 9 heteroatoms. The lowest BCUT2D eigenvalue weighted by atomic mass is 9.98. The average molecular weight is 499 g/mol. The summed E-state index contributed by atoms with van der Waals surface area (Å²) in [5.74, 6) is 1.09. The fraction of sp³-hybridized carbons (Fsp3) is 0.556. The second-order valence-corrected chi connectivity index (χ2v) is 11.1. The van der Waals surface area contributed by atoms with Crippen LogP contribution in [0.1, 0.15) is 84.4 Å². The molecule has 1 aromatic carbocycles. The molecule has 1 aromatic rings. The number of hydrogen-bond acceptors (Lipinski definition) is 5. The molecule has 0 bridgehead atoms. The minimum absolute atomic E-state index is 0.0275. The van der Waals surface area contributed by atoms with Gasteiger partial charge in [0.15, 0.2) is 0 Å². The van der Waals surface area contributed by atoms with Gasteiger partial charge in [0, 0.05) is 23.6 Å². The van der Waals surface area contributed by atoms with Gasteiger partial charge in [0.1, 0.15) is 17.7 Å². The summed E-state index contributed by atoms with van der Waals surface area (Å²) in [6.45, 7) is 10.7. The van der Waals surface area contributed by atoms with Crippen molar-refractivity contribution < 1.29 is 23.9 Å². The van der Waals surface area contributed by atoms with Gasteiger partial charge in [0.05, 0.1) is 0 Å². The van der Waals surface area contributed by atoms with Crippen LogP contribution in [-0.2, 0) is 19.1 Å². The van der Waals surface area contributed by atoms with E-state index in [4.69, 9.17) is 16.9 Å². The predicted octanol–water partition coefficient (Wildman–Crippen LogP) is 2.77. The number of primary amides is 1. The van der Waals surface area contributed by atoms with E-state index >= 15 is 0 Å². The van der Waals surface area contributed by atoms with Crippen LogP contribution in [-0.4, -0.2) is 51.9 Å². The van der Waals surface area contributed by atoms with Crippen LogP contribution in [0.2, 0.25) is 0 Å². The highest BCUT2D eigenvalue weighted by Gasteiger charge is 2.44. The Bertz CT molecular complexity index is 1010. The maximum absolute atomic E-state index is 13.9. The molecule has 9 nitrogen and oxygen atoms in total. The van der Waals surface area contributed by atoms with Crippen molar-refractivity contribution in [2.75, 3.05) is 0 Å². The first-order valence-corrected chi connectivity index (χ1v) is 12.1. The number of carbonyl (C=O) groups excluding carboxylic acids is 4. The lowest BCUT2D eigenvalue weighted by molar-refractivity contribution is -0.144. The van der Waals surface area contributed by atoms with Crippen LogP contribution in [0.4, 0.5) is 4.79 Å². The Morgan fingerprint density at radius 3 is 2.14 bits per heavy atom. The highest BCUT2D eigenvalue weighted by atomic mass is 16.6. The Kier molecular flexibility index (Phi) is 9.14. The molecule has 4 N–H and O–H groups in total. The topological polar surface area (TPSA) is 131 Å². The number of ether oxygens (including phenoxy) is 1. The van der Waals surface area contributed by atoms with Crippen LogP contribution in [0.25, 0.3) is 0 Å². The van der Waals surface area contributed by atoms with Crippen molar-refractivity contribution in [3.05, 3.63) is 35.4 Å². The molecule has 1 fully saturated rings. The predicted molar refractivity (Wildman–Crippen MR) is 136 cm³/mol. The summed E-state index contributed by atoms with van der Waals surface area (Å²) in [7, 11) is 0. The summed E-state index contributed by atoms with van der Waals surface area (Å²) in [6.07, 6.45) is 5.96. The smallest absolute Gasteiger partial charge is 0.408 e. The van der Waals surface area contributed by atoms with Gasteiger partial charge >= 0.3 is 6.09 Å². The normalized spacial score (nSPS) is 15.1. The molecule has 2 unspecified atom stereocenters. The van der Waals surface area contributed by atoms with Crippen LogP contribution in [0.5, 0.6) is 0 Å². The van der Waals surface area contributed by atoms with E-state index in [0.29, 0.717) is 24.0 Å². The summed E-state index contributed by atoms with van der Waals surface area (Å²) in [5.41, 5.74) is 5.22. The Labute approximate surface area is 213 Å². The van der Waals surface area contributed by atoms with E-state index in [1.54, 1.807) is 45.0 Å². The summed E-state index contributed by atoms with van der Waals surface area (Å²) in [4.78, 5) is 53.1. The van der Waals surface area contributed by atoms with Gasteiger partial charge in [-0.1, -0.05) is 18.1 Å². The number of nitrogens with two attached hydrogens (primary N) is 1. The van der Waals surface area contributed by atoms with Crippen LogP contribution in [0.15, 0.2) is 24.3 Å². The van der Waals surface area contributed by atoms with Crippen molar-refractivity contribution in [1.82, 2.24) is 15.5 Å². The minimum atomic E-state index is -1.11. The van der Waals surface area contributed by atoms with Gasteiger partial charge in [-0.25, -0.2) is 4.79 Å². The molecule has 2 atom stereocenters. The molecule has 1 saturated carbocycles. The van der Waals surface area contributed by atoms with Crippen molar-refractivity contribution in [3.8, 4) is 12.3 Å². The first kappa shape index (κ1) is 28.7. The molecule has 0 saturated heterocycles. The molecule has 0 spiro atoms. The van der Waals surface area contributed by atoms with Crippen molar-refractivity contribution in [2.24, 2.45) is 5.73 Å². The molecular formula is C27H38N4O5. The summed E-state index contributed by atoms with van der Waals surface area (Å²) in [5, 5.41) is 5.55. The van der Waals surface area contributed by atoms with Crippen molar-refractivity contribution in [2.45, 2.75) is 96.5 Å². The number of nitrogens with zero attached hydrogens (tertiary/aromatic N) is 1. The second-order valence-electron chi connectivity index (χ2n) is 11.1. The zero-order valence-corrected chi connectivity index (χ0v) is 22.0. The fourth-order valence-electron chi connectivity index (χ4n) is 3.68. The van der Waals surface area contributed by atoms with E-state index in [2.05, 4.69) is 16.6 Å². The number of rotatable bonds is 9. The summed E-state index contributed by atoms with van der Waals surface area (Å²) in [6, 6.07) is 4.61. The molecule has 1 aliphatic rings. The SMILES string of the molecule is C#Cc1ccc(C(C(=O)NC(C)(C)C)N(C(=O)C(CCC(N)=O)NC(=O)OC(C)(C)C)C2CC2)cc1. The Hall–Kier alpha value is -3.54. The molecule has 0 heterocycles. The zero-order chi connectivity index (χ0) is 27.3. The van der Waals surface area contributed by atoms with Gasteiger partial charge in [-0.2, -0.15) is 0 Å². The third-order valence-electron chi connectivity index (χ3n) is 5.28. The lowest BCUT2D eigenvalue weighted by Gasteiger charge is -2.36. The average Bonchev–Trinajstić information content (AvgIpc) is 3.57. The van der Waals surface area contributed by atoms with E-state index < -0.39 is 41.1 Å². The van der Waals surface area contributed by atoms with Gasteiger partial charge in [0.25, 0.3) is 0 Å². The van der Waals surface area contributed by atoms with Crippen molar-refractivity contribution >= 4 is 23.8 Å². The van der Waals surface area contributed by atoms with Crippen LogP contribution >= 0.6 is 0 Å². The number of amides is 4. The Morgan fingerprint density at radius 2 is 1.69 bits per heavy atom. The Balaban J connectivity index is 2.48. The minimum Gasteiger partial charge on any atom is -0.444 e. The number of terminal acetylenes is 1. The van der Waals surface area contributed by atoms with Gasteiger partial charge in [-0.3, -0.25) is 14.4 Å². The molecular weight excluding hydrogens is 460 g/mol. The van der Waals surface area contributed by atoms with E-state index in [9.17, 15) is 19.2 Å². The van der Waals surface area contributed by atoms with Gasteiger partial charge < -0.3 is 26.0 Å². The van der Waals surface area contributed by atoms with Crippen LogP contribution < -0.4 is 16.4 Å². The molecule has 36 heavy (non-hydrogen) atoms. The largest absolute Gasteiger partial charge is 0.444 e. The van der Waals surface area contributed by atoms with Crippen LogP contribution in [0, 0.1) is 12.3 Å². The number of alkyl carbamates (subject to hydrolysis) is 1. The number of benzene rings is 1. The second kappa shape index (κ2) is 11.5. The van der Waals surface area contributed by atoms with Gasteiger partial charge in [0.2, 0.25) is 17.7 Å². The van der Waals surface area contributed by atoms with Crippen molar-refractivity contribution in [3.63, 3.8) is 0 Å². The number of nitrogens with one attached hydrogen (secondary N) is 2. The highest BCUT2D eigenvalue weighted by molar-refractivity contribution is 5.93. The summed E-state index contributed by atoms with van der Waals surface area (Å²) < 4.78 is 5.33. The van der Waals surface area contributed by atoms with E-state index in [1.807, 2.05) is 20.8 Å². The first-order valence-electron chi connectivity index (χ1n) is 12.1. The maximum Gasteiger partial charge on any atom is 0.408 e. The molecule has 2 rings (SSSR count). The fourth-order valence-corrected chi connectivity index (χ4v) is 3.68. The van der Waals surface area contributed by atoms with Crippen LogP contribution in [0.3, 0.4) is 0 Å². The molecule has 0 aromatic heterocycles. The van der Waals surface area contributed by atoms with Crippen molar-refractivity contribution in [1.29, 1.82) is 0 Å².